The second-order valence-corrected chi connectivity index (χ2v) is 4.12. The number of amides is 1. The summed E-state index contributed by atoms with van der Waals surface area (Å²) in [6, 6.07) is 3.96. The summed E-state index contributed by atoms with van der Waals surface area (Å²) in [4.78, 5) is 16.8. The van der Waals surface area contributed by atoms with Crippen LogP contribution >= 0.6 is 0 Å². The van der Waals surface area contributed by atoms with Crippen LogP contribution in [-0.4, -0.2) is 42.5 Å². The first-order chi connectivity index (χ1) is 7.65. The van der Waals surface area contributed by atoms with Gasteiger partial charge in [-0.05, 0) is 32.6 Å². The Balaban J connectivity index is 2.29. The third kappa shape index (κ3) is 3.70. The SMILES string of the molecule is CC[C@H](C(=O)NCCc1ccc[nH]1)N(C)C. The van der Waals surface area contributed by atoms with Crippen LogP contribution in [0.15, 0.2) is 18.3 Å². The van der Waals surface area contributed by atoms with Gasteiger partial charge in [0.25, 0.3) is 0 Å². The van der Waals surface area contributed by atoms with Crippen LogP contribution in [0.2, 0.25) is 0 Å². The Morgan fingerprint density at radius 1 is 1.56 bits per heavy atom. The van der Waals surface area contributed by atoms with Crippen molar-refractivity contribution in [1.82, 2.24) is 15.2 Å². The zero-order chi connectivity index (χ0) is 12.0. The molecule has 4 heteroatoms. The number of carbonyl (C=O) groups is 1. The fraction of sp³-hybridized carbons (Fsp3) is 0.583. The molecule has 0 bridgehead atoms. The normalized spacial score (nSPS) is 12.8. The molecule has 0 spiro atoms. The predicted octanol–water partition coefficient (Wildman–Crippen LogP) is 1.01. The Hall–Kier alpha value is -1.29. The first-order valence-corrected chi connectivity index (χ1v) is 5.71. The summed E-state index contributed by atoms with van der Waals surface area (Å²) in [6.45, 7) is 2.71. The van der Waals surface area contributed by atoms with E-state index in [2.05, 4.69) is 10.3 Å². The summed E-state index contributed by atoms with van der Waals surface area (Å²) in [7, 11) is 3.86. The zero-order valence-electron chi connectivity index (χ0n) is 10.3. The Labute approximate surface area is 97.0 Å². The van der Waals surface area contributed by atoms with E-state index >= 15 is 0 Å². The monoisotopic (exact) mass is 223 g/mol. The van der Waals surface area contributed by atoms with Crippen molar-refractivity contribution in [2.24, 2.45) is 0 Å². The molecule has 1 aromatic rings. The van der Waals surface area contributed by atoms with Crippen LogP contribution in [0.1, 0.15) is 19.0 Å². The number of rotatable bonds is 6. The van der Waals surface area contributed by atoms with E-state index in [-0.39, 0.29) is 11.9 Å². The van der Waals surface area contributed by atoms with Gasteiger partial charge in [0, 0.05) is 24.9 Å². The maximum absolute atomic E-state index is 11.8. The van der Waals surface area contributed by atoms with Crippen molar-refractivity contribution in [3.05, 3.63) is 24.0 Å². The van der Waals surface area contributed by atoms with E-state index in [1.807, 2.05) is 44.2 Å². The fourth-order valence-corrected chi connectivity index (χ4v) is 1.75. The summed E-state index contributed by atoms with van der Waals surface area (Å²) in [5, 5.41) is 2.95. The maximum Gasteiger partial charge on any atom is 0.237 e. The molecule has 0 aliphatic rings. The van der Waals surface area contributed by atoms with E-state index in [4.69, 9.17) is 0 Å². The van der Waals surface area contributed by atoms with Gasteiger partial charge < -0.3 is 10.3 Å². The van der Waals surface area contributed by atoms with Crippen LogP contribution in [0.5, 0.6) is 0 Å². The number of nitrogens with one attached hydrogen (secondary N) is 2. The van der Waals surface area contributed by atoms with Crippen molar-refractivity contribution < 1.29 is 4.79 Å². The minimum atomic E-state index is -0.0244. The molecule has 1 atom stereocenters. The minimum absolute atomic E-state index is 0.0244. The van der Waals surface area contributed by atoms with Gasteiger partial charge in [-0.25, -0.2) is 0 Å². The fourth-order valence-electron chi connectivity index (χ4n) is 1.75. The molecule has 4 nitrogen and oxygen atoms in total. The molecule has 0 saturated heterocycles. The molecular weight excluding hydrogens is 202 g/mol. The first-order valence-electron chi connectivity index (χ1n) is 5.71. The number of likely N-dealkylation sites (N-methyl/N-ethyl adjacent to an activating group) is 1. The molecule has 16 heavy (non-hydrogen) atoms. The lowest BCUT2D eigenvalue weighted by molar-refractivity contribution is -0.125. The lowest BCUT2D eigenvalue weighted by Crippen LogP contribution is -2.43. The Kier molecular flexibility index (Phi) is 5.05. The van der Waals surface area contributed by atoms with E-state index in [1.165, 1.54) is 0 Å². The average molecular weight is 223 g/mol. The average Bonchev–Trinajstić information content (AvgIpc) is 2.71. The van der Waals surface area contributed by atoms with E-state index < -0.39 is 0 Å². The lowest BCUT2D eigenvalue weighted by atomic mass is 10.2. The second kappa shape index (κ2) is 6.33. The summed E-state index contributed by atoms with van der Waals surface area (Å²) >= 11 is 0. The highest BCUT2D eigenvalue weighted by Gasteiger charge is 2.17. The first kappa shape index (κ1) is 12.8. The predicted molar refractivity (Wildman–Crippen MR) is 65.3 cm³/mol. The number of aromatic nitrogens is 1. The molecule has 1 heterocycles. The van der Waals surface area contributed by atoms with Crippen molar-refractivity contribution >= 4 is 5.91 Å². The molecule has 0 radical (unpaired) electrons. The topological polar surface area (TPSA) is 48.1 Å². The highest BCUT2D eigenvalue weighted by atomic mass is 16.2. The third-order valence-electron chi connectivity index (χ3n) is 2.67. The van der Waals surface area contributed by atoms with Gasteiger partial charge in [-0.15, -0.1) is 0 Å². The summed E-state index contributed by atoms with van der Waals surface area (Å²) in [6.07, 6.45) is 3.58. The Morgan fingerprint density at radius 3 is 2.81 bits per heavy atom. The molecule has 0 saturated carbocycles. The standard InChI is InChI=1S/C12H21N3O/c1-4-11(15(2)3)12(16)14-9-7-10-6-5-8-13-10/h5-6,8,11,13H,4,7,9H2,1-3H3,(H,14,16)/t11-/m1/s1. The van der Waals surface area contributed by atoms with Gasteiger partial charge in [0.05, 0.1) is 6.04 Å². The number of carbonyl (C=O) groups excluding carboxylic acids is 1. The van der Waals surface area contributed by atoms with Gasteiger partial charge in [0.15, 0.2) is 0 Å². The minimum Gasteiger partial charge on any atom is -0.365 e. The smallest absolute Gasteiger partial charge is 0.237 e. The van der Waals surface area contributed by atoms with E-state index in [0.717, 1.165) is 18.5 Å². The van der Waals surface area contributed by atoms with Crippen LogP contribution in [0.25, 0.3) is 0 Å². The van der Waals surface area contributed by atoms with E-state index in [9.17, 15) is 4.79 Å². The van der Waals surface area contributed by atoms with Crippen LogP contribution in [-0.2, 0) is 11.2 Å². The number of hydrogen-bond donors (Lipinski definition) is 2. The van der Waals surface area contributed by atoms with Crippen LogP contribution in [0.4, 0.5) is 0 Å². The van der Waals surface area contributed by atoms with Gasteiger partial charge in [-0.3, -0.25) is 9.69 Å². The molecule has 1 rings (SSSR count). The highest BCUT2D eigenvalue weighted by Crippen LogP contribution is 1.99. The number of hydrogen-bond acceptors (Lipinski definition) is 2. The molecule has 0 fully saturated rings. The molecule has 0 aliphatic carbocycles. The van der Waals surface area contributed by atoms with Crippen LogP contribution in [0.3, 0.4) is 0 Å². The van der Waals surface area contributed by atoms with Gasteiger partial charge in [0.2, 0.25) is 5.91 Å². The Morgan fingerprint density at radius 2 is 2.31 bits per heavy atom. The zero-order valence-corrected chi connectivity index (χ0v) is 10.3. The molecule has 0 unspecified atom stereocenters. The van der Waals surface area contributed by atoms with Crippen molar-refractivity contribution in [2.75, 3.05) is 20.6 Å². The Bertz CT molecular complexity index is 306. The van der Waals surface area contributed by atoms with Gasteiger partial charge in [0.1, 0.15) is 0 Å². The van der Waals surface area contributed by atoms with Crippen molar-refractivity contribution in [1.29, 1.82) is 0 Å². The number of H-pyrrole nitrogens is 1. The van der Waals surface area contributed by atoms with Crippen LogP contribution < -0.4 is 5.32 Å². The molecule has 1 amide bonds. The molecular formula is C12H21N3O. The van der Waals surface area contributed by atoms with E-state index in [0.29, 0.717) is 6.54 Å². The summed E-state index contributed by atoms with van der Waals surface area (Å²) in [5.41, 5.74) is 1.15. The molecule has 0 aromatic carbocycles. The van der Waals surface area contributed by atoms with Crippen molar-refractivity contribution in [3.8, 4) is 0 Å². The van der Waals surface area contributed by atoms with Gasteiger partial charge >= 0.3 is 0 Å². The third-order valence-corrected chi connectivity index (χ3v) is 2.67. The molecule has 90 valence electrons. The summed E-state index contributed by atoms with van der Waals surface area (Å²) < 4.78 is 0. The van der Waals surface area contributed by atoms with Crippen molar-refractivity contribution in [2.45, 2.75) is 25.8 Å². The second-order valence-electron chi connectivity index (χ2n) is 4.12. The quantitative estimate of drug-likeness (QED) is 0.756. The summed E-state index contributed by atoms with van der Waals surface area (Å²) in [5.74, 6) is 0.110. The highest BCUT2D eigenvalue weighted by molar-refractivity contribution is 5.81. The van der Waals surface area contributed by atoms with Gasteiger partial charge in [-0.1, -0.05) is 6.92 Å². The molecule has 1 aromatic heterocycles. The number of nitrogens with zero attached hydrogens (tertiary/aromatic N) is 1. The van der Waals surface area contributed by atoms with Gasteiger partial charge in [-0.2, -0.15) is 0 Å². The van der Waals surface area contributed by atoms with E-state index in [1.54, 1.807) is 0 Å². The molecule has 2 N–H and O–H groups in total. The maximum atomic E-state index is 11.8. The number of aromatic amines is 1. The van der Waals surface area contributed by atoms with Crippen LogP contribution in [0, 0.1) is 0 Å². The largest absolute Gasteiger partial charge is 0.365 e. The molecule has 0 aliphatic heterocycles. The lowest BCUT2D eigenvalue weighted by Gasteiger charge is -2.21. The van der Waals surface area contributed by atoms with Crippen molar-refractivity contribution in [3.63, 3.8) is 0 Å².